The summed E-state index contributed by atoms with van der Waals surface area (Å²) in [5, 5.41) is 184. The number of rotatable bonds is 17. The highest BCUT2D eigenvalue weighted by atomic mass is 16.8. The fourth-order valence-electron chi connectivity index (χ4n) is 6.63. The monoisotopic (exact) mass is 844 g/mol. The second-order valence-corrected chi connectivity index (χ2v) is 13.7. The van der Waals surface area contributed by atoms with E-state index in [1.165, 1.54) is 0 Å². The van der Waals surface area contributed by atoms with E-state index in [9.17, 15) is 91.6 Å². The van der Waals surface area contributed by atoms with Gasteiger partial charge in [0, 0.05) is 0 Å². The molecule has 10 unspecified atom stereocenters. The Bertz CT molecular complexity index is 1230. The molecule has 0 bridgehead atoms. The first-order valence-corrected chi connectivity index (χ1v) is 17.5. The Morgan fingerprint density at radius 1 is 0.474 bits per heavy atom. The predicted molar refractivity (Wildman–Crippen MR) is 169 cm³/mol. The van der Waals surface area contributed by atoms with Crippen molar-refractivity contribution in [3.05, 3.63) is 0 Å². The van der Waals surface area contributed by atoms with E-state index in [0.29, 0.717) is 0 Å². The molecule has 334 valence electrons. The normalized spacial score (nSPS) is 46.5. The number of aliphatic carboxylic acids is 1. The summed E-state index contributed by atoms with van der Waals surface area (Å²) in [7, 11) is 0. The summed E-state index contributed by atoms with van der Waals surface area (Å²) in [6.45, 7) is -5.00. The minimum atomic E-state index is -2.57. The zero-order chi connectivity index (χ0) is 42.6. The van der Waals surface area contributed by atoms with Gasteiger partial charge in [0.15, 0.2) is 31.3 Å². The maximum atomic E-state index is 11.2. The Hall–Kier alpha value is -1.53. The zero-order valence-electron chi connectivity index (χ0n) is 29.6. The standard InChI is InChI=1S/C30H52O27/c31-1-6(36)22(13(39)17(43)26(48)49)54-28-19(45)14(40)24(8(3-33)51-28)56-30-21(47)16(42)25(10(5-35)53-30)57-29-20(46)15(41)23(9(4-34)52-29)55-27-18(44)12(38)11(37)7(2-32)50-27/h6-25,27-47H,1-5H2,(H,48,49)/t6?,7?,8?,9?,10?,11-,12-,13+,14+,15+,16+,17?,18?,19?,20?,21?,22+,23+,24+,25+,27-,28-,29-,30-/m0/s1. The van der Waals surface area contributed by atoms with Crippen molar-refractivity contribution in [2.75, 3.05) is 33.0 Å². The second kappa shape index (κ2) is 20.8. The minimum Gasteiger partial charge on any atom is -0.479 e. The van der Waals surface area contributed by atoms with Crippen molar-refractivity contribution in [1.82, 2.24) is 0 Å². The number of hydrogen-bond acceptors (Lipinski definition) is 26. The summed E-state index contributed by atoms with van der Waals surface area (Å²) in [5.74, 6) is -1.96. The molecule has 24 atom stereocenters. The summed E-state index contributed by atoms with van der Waals surface area (Å²) in [4.78, 5) is 11.2. The Morgan fingerprint density at radius 3 is 1.16 bits per heavy atom. The van der Waals surface area contributed by atoms with Crippen molar-refractivity contribution in [3.8, 4) is 0 Å². The van der Waals surface area contributed by atoms with Crippen molar-refractivity contribution in [2.45, 2.75) is 147 Å². The van der Waals surface area contributed by atoms with Gasteiger partial charge in [0.2, 0.25) is 0 Å². The average Bonchev–Trinajstić information content (AvgIpc) is 3.20. The van der Waals surface area contributed by atoms with Gasteiger partial charge in [-0.15, -0.1) is 0 Å². The van der Waals surface area contributed by atoms with Crippen LogP contribution in [0.15, 0.2) is 0 Å². The van der Waals surface area contributed by atoms with Gasteiger partial charge in [-0.3, -0.25) is 0 Å². The Balaban J connectivity index is 1.43. The van der Waals surface area contributed by atoms with Crippen LogP contribution in [0.1, 0.15) is 0 Å². The van der Waals surface area contributed by atoms with Gasteiger partial charge >= 0.3 is 5.97 Å². The number of carbonyl (C=O) groups is 1. The third-order valence-electron chi connectivity index (χ3n) is 9.95. The topological polar surface area (TPSA) is 455 Å². The van der Waals surface area contributed by atoms with Crippen LogP contribution in [0.5, 0.6) is 0 Å². The van der Waals surface area contributed by atoms with Gasteiger partial charge in [-0.1, -0.05) is 0 Å². The zero-order valence-corrected chi connectivity index (χ0v) is 29.6. The SMILES string of the molecule is O=C(O)C(O)[C@@H](O)[C@H](O[C@@H]1OC(CO)[C@@H](O[C@@H]2OC(CO)[C@@H](O[C@@H]3OC(CO)[C@@H](O[C@@H]4OC(CO)[C@H](O)[C@H](O)C4O)[C@H](O)C3O)[C@H](O)C2O)[C@H](O)C1O)C(O)CO. The molecule has 0 spiro atoms. The van der Waals surface area contributed by atoms with Crippen LogP contribution in [0, 0.1) is 0 Å². The maximum absolute atomic E-state index is 11.2. The van der Waals surface area contributed by atoms with E-state index in [0.717, 1.165) is 0 Å². The summed E-state index contributed by atoms with van der Waals surface area (Å²) in [6.07, 6.45) is -47.4. The molecule has 57 heavy (non-hydrogen) atoms. The molecule has 0 saturated carbocycles. The Morgan fingerprint density at radius 2 is 0.807 bits per heavy atom. The molecule has 4 aliphatic rings. The third kappa shape index (κ3) is 10.3. The highest BCUT2D eigenvalue weighted by molar-refractivity contribution is 5.72. The number of aliphatic hydroxyl groups excluding tert-OH is 17. The summed E-state index contributed by atoms with van der Waals surface area (Å²) in [5.41, 5.74) is 0. The molecule has 0 aliphatic carbocycles. The number of ether oxygens (including phenoxy) is 8. The first-order valence-electron chi connectivity index (χ1n) is 17.5. The van der Waals surface area contributed by atoms with Crippen molar-refractivity contribution < 1.29 is 135 Å². The van der Waals surface area contributed by atoms with Crippen LogP contribution in [0.2, 0.25) is 0 Å². The summed E-state index contributed by atoms with van der Waals surface area (Å²) >= 11 is 0. The van der Waals surface area contributed by atoms with Crippen molar-refractivity contribution in [2.24, 2.45) is 0 Å². The van der Waals surface area contributed by atoms with Gasteiger partial charge in [-0.05, 0) is 0 Å². The molecule has 0 amide bonds. The van der Waals surface area contributed by atoms with Crippen LogP contribution in [0.25, 0.3) is 0 Å². The highest BCUT2D eigenvalue weighted by Crippen LogP contribution is 2.35. The van der Waals surface area contributed by atoms with Crippen LogP contribution in [-0.4, -0.2) is 278 Å². The van der Waals surface area contributed by atoms with Gasteiger partial charge in [0.05, 0.1) is 33.0 Å². The lowest BCUT2D eigenvalue weighted by Gasteiger charge is -2.49. The van der Waals surface area contributed by atoms with Gasteiger partial charge in [-0.2, -0.15) is 0 Å². The first kappa shape index (κ1) is 48.1. The quantitative estimate of drug-likeness (QED) is 0.0646. The van der Waals surface area contributed by atoms with E-state index in [1.54, 1.807) is 0 Å². The van der Waals surface area contributed by atoms with E-state index in [4.69, 9.17) is 43.0 Å². The van der Waals surface area contributed by atoms with Crippen LogP contribution >= 0.6 is 0 Å². The lowest BCUT2D eigenvalue weighted by Crippen LogP contribution is -2.67. The van der Waals surface area contributed by atoms with Gasteiger partial charge in [0.25, 0.3) is 0 Å². The van der Waals surface area contributed by atoms with Crippen LogP contribution < -0.4 is 0 Å². The maximum Gasteiger partial charge on any atom is 0.335 e. The van der Waals surface area contributed by atoms with E-state index in [1.807, 2.05) is 0 Å². The van der Waals surface area contributed by atoms with Crippen LogP contribution in [0.4, 0.5) is 0 Å². The van der Waals surface area contributed by atoms with Crippen molar-refractivity contribution >= 4 is 5.97 Å². The third-order valence-corrected chi connectivity index (χ3v) is 9.95. The van der Waals surface area contributed by atoms with Crippen molar-refractivity contribution in [1.29, 1.82) is 0 Å². The Labute approximate surface area is 321 Å². The molecule has 4 heterocycles. The molecule has 4 fully saturated rings. The number of carboxylic acid groups (broad SMARTS) is 1. The number of carboxylic acids is 1. The minimum absolute atomic E-state index is 0.825. The van der Waals surface area contributed by atoms with E-state index in [2.05, 4.69) is 0 Å². The molecule has 4 saturated heterocycles. The molecule has 18 N–H and O–H groups in total. The average molecular weight is 845 g/mol. The van der Waals surface area contributed by atoms with E-state index >= 15 is 0 Å². The molecule has 0 aromatic rings. The Kier molecular flexibility index (Phi) is 17.6. The van der Waals surface area contributed by atoms with Gasteiger partial charge in [0.1, 0.15) is 116 Å². The molecule has 4 rings (SSSR count). The lowest BCUT2D eigenvalue weighted by molar-refractivity contribution is -0.390. The molecule has 27 nitrogen and oxygen atoms in total. The number of hydrogen-bond donors (Lipinski definition) is 18. The second-order valence-electron chi connectivity index (χ2n) is 13.7. The molecular formula is C30H52O27. The summed E-state index contributed by atoms with van der Waals surface area (Å²) in [6, 6.07) is 0. The fourth-order valence-corrected chi connectivity index (χ4v) is 6.63. The summed E-state index contributed by atoms with van der Waals surface area (Å²) < 4.78 is 43.5. The molecular weight excluding hydrogens is 792 g/mol. The largest absolute Gasteiger partial charge is 0.479 e. The predicted octanol–water partition coefficient (Wildman–Crippen LogP) is -12.2. The van der Waals surface area contributed by atoms with Gasteiger partial charge in [-0.25, -0.2) is 4.79 Å². The van der Waals surface area contributed by atoms with Crippen LogP contribution in [0.3, 0.4) is 0 Å². The van der Waals surface area contributed by atoms with Crippen LogP contribution in [-0.2, 0) is 42.7 Å². The van der Waals surface area contributed by atoms with Crippen molar-refractivity contribution in [3.63, 3.8) is 0 Å². The lowest BCUT2D eigenvalue weighted by atomic mass is 9.95. The van der Waals surface area contributed by atoms with Gasteiger partial charge < -0.3 is 130 Å². The number of aliphatic hydroxyl groups is 17. The molecule has 27 heteroatoms. The first-order chi connectivity index (χ1) is 26.9. The molecule has 4 aliphatic heterocycles. The smallest absolute Gasteiger partial charge is 0.335 e. The molecule has 0 radical (unpaired) electrons. The van der Waals surface area contributed by atoms with E-state index in [-0.39, 0.29) is 0 Å². The highest BCUT2D eigenvalue weighted by Gasteiger charge is 2.55. The molecule has 0 aromatic carbocycles. The van der Waals surface area contributed by atoms with E-state index < -0.39 is 186 Å². The fraction of sp³-hybridized carbons (Fsp3) is 0.967. The molecule has 0 aromatic heterocycles.